The van der Waals surface area contributed by atoms with E-state index in [0.717, 1.165) is 17.2 Å². The predicted molar refractivity (Wildman–Crippen MR) is 133 cm³/mol. The first-order valence-electron chi connectivity index (χ1n) is 11.2. The average Bonchev–Trinajstić information content (AvgIpc) is 2.91. The molecule has 0 fully saturated rings. The SMILES string of the molecule is O=C(O)c1cccc(C(c2ccccc2)(c2ccccc2)c2cccc(-c3ccc(F)cc3F)n2)n1. The lowest BCUT2D eigenvalue weighted by molar-refractivity contribution is 0.0690. The van der Waals surface area contributed by atoms with Gasteiger partial charge < -0.3 is 5.11 Å². The summed E-state index contributed by atoms with van der Waals surface area (Å²) in [6.45, 7) is 0. The second-order valence-corrected chi connectivity index (χ2v) is 8.23. The number of benzene rings is 3. The van der Waals surface area contributed by atoms with E-state index >= 15 is 0 Å². The molecule has 0 unspecified atom stereocenters. The molecule has 3 aromatic carbocycles. The summed E-state index contributed by atoms with van der Waals surface area (Å²) in [7, 11) is 0. The minimum Gasteiger partial charge on any atom is -0.477 e. The van der Waals surface area contributed by atoms with Crippen molar-refractivity contribution in [3.63, 3.8) is 0 Å². The lowest BCUT2D eigenvalue weighted by Crippen LogP contribution is -2.33. The molecule has 5 aromatic rings. The van der Waals surface area contributed by atoms with Gasteiger partial charge in [0.05, 0.1) is 17.1 Å². The molecule has 0 bridgehead atoms. The van der Waals surface area contributed by atoms with E-state index in [0.29, 0.717) is 17.1 Å². The normalized spacial score (nSPS) is 11.3. The molecule has 1 N–H and O–H groups in total. The highest BCUT2D eigenvalue weighted by atomic mass is 19.1. The van der Waals surface area contributed by atoms with Gasteiger partial charge in [0.25, 0.3) is 0 Å². The Morgan fingerprint density at radius 1 is 0.667 bits per heavy atom. The molecule has 2 heterocycles. The lowest BCUT2D eigenvalue weighted by Gasteiger charge is -2.35. The number of hydrogen-bond donors (Lipinski definition) is 1. The topological polar surface area (TPSA) is 63.1 Å². The monoisotopic (exact) mass is 478 g/mol. The fraction of sp³-hybridized carbons (Fsp3) is 0.0333. The maximum Gasteiger partial charge on any atom is 0.354 e. The van der Waals surface area contributed by atoms with Crippen molar-refractivity contribution in [3.8, 4) is 11.3 Å². The molecular formula is C30H20F2N2O2. The summed E-state index contributed by atoms with van der Waals surface area (Å²) in [5, 5.41) is 9.68. The molecule has 0 radical (unpaired) electrons. The summed E-state index contributed by atoms with van der Waals surface area (Å²) in [4.78, 5) is 21.2. The number of carboxylic acid groups (broad SMARTS) is 1. The van der Waals surface area contributed by atoms with Gasteiger partial charge in [0.2, 0.25) is 0 Å². The van der Waals surface area contributed by atoms with E-state index in [1.54, 1.807) is 30.3 Å². The zero-order valence-corrected chi connectivity index (χ0v) is 19.0. The number of halogens is 2. The number of nitrogens with zero attached hydrogens (tertiary/aromatic N) is 2. The van der Waals surface area contributed by atoms with Crippen LogP contribution in [0.1, 0.15) is 33.0 Å². The van der Waals surface area contributed by atoms with Crippen molar-refractivity contribution in [2.24, 2.45) is 0 Å². The molecule has 0 aliphatic carbocycles. The van der Waals surface area contributed by atoms with Gasteiger partial charge in [0, 0.05) is 11.6 Å². The maximum absolute atomic E-state index is 14.7. The number of aromatic carboxylic acids is 1. The Hall–Kier alpha value is -4.71. The minimum atomic E-state index is -1.15. The largest absolute Gasteiger partial charge is 0.477 e. The second-order valence-electron chi connectivity index (χ2n) is 8.23. The van der Waals surface area contributed by atoms with Gasteiger partial charge in [0.1, 0.15) is 22.7 Å². The van der Waals surface area contributed by atoms with Gasteiger partial charge in [-0.15, -0.1) is 0 Å². The standard InChI is InChI=1S/C30H20F2N2O2/c31-22-17-18-23(24(32)19-22)25-13-7-15-27(33-25)30(20-9-3-1-4-10-20,21-11-5-2-6-12-21)28-16-8-14-26(34-28)29(35)36/h1-19H,(H,35,36). The Labute approximate surface area is 206 Å². The zero-order valence-electron chi connectivity index (χ0n) is 19.0. The molecule has 2 aromatic heterocycles. The molecule has 0 saturated heterocycles. The van der Waals surface area contributed by atoms with Crippen LogP contribution in [0.5, 0.6) is 0 Å². The third-order valence-corrected chi connectivity index (χ3v) is 6.11. The van der Waals surface area contributed by atoms with Crippen molar-refractivity contribution < 1.29 is 18.7 Å². The van der Waals surface area contributed by atoms with Gasteiger partial charge in [-0.25, -0.2) is 18.6 Å². The fourth-order valence-electron chi connectivity index (χ4n) is 4.52. The first kappa shape index (κ1) is 23.1. The van der Waals surface area contributed by atoms with Crippen LogP contribution in [-0.4, -0.2) is 21.0 Å². The Morgan fingerprint density at radius 2 is 1.25 bits per heavy atom. The van der Waals surface area contributed by atoms with Crippen LogP contribution in [0.4, 0.5) is 8.78 Å². The molecule has 4 nitrogen and oxygen atoms in total. The van der Waals surface area contributed by atoms with E-state index in [-0.39, 0.29) is 11.3 Å². The number of carbonyl (C=O) groups is 1. The van der Waals surface area contributed by atoms with Crippen LogP contribution in [0, 0.1) is 11.6 Å². The molecule has 0 atom stereocenters. The molecule has 36 heavy (non-hydrogen) atoms. The van der Waals surface area contributed by atoms with Gasteiger partial charge in [0.15, 0.2) is 0 Å². The number of hydrogen-bond acceptors (Lipinski definition) is 3. The first-order chi connectivity index (χ1) is 17.5. The third-order valence-electron chi connectivity index (χ3n) is 6.11. The van der Waals surface area contributed by atoms with E-state index in [1.807, 2.05) is 60.7 Å². The van der Waals surface area contributed by atoms with E-state index in [2.05, 4.69) is 4.98 Å². The van der Waals surface area contributed by atoms with Gasteiger partial charge in [-0.3, -0.25) is 4.98 Å². The molecule has 0 amide bonds. The summed E-state index contributed by atoms with van der Waals surface area (Å²) in [5.74, 6) is -2.55. The summed E-state index contributed by atoms with van der Waals surface area (Å²) in [5.41, 5.74) is 1.80. The highest BCUT2D eigenvalue weighted by Crippen LogP contribution is 2.44. The van der Waals surface area contributed by atoms with Gasteiger partial charge in [-0.1, -0.05) is 72.8 Å². The van der Waals surface area contributed by atoms with Crippen LogP contribution in [0.2, 0.25) is 0 Å². The van der Waals surface area contributed by atoms with Gasteiger partial charge >= 0.3 is 5.97 Å². The fourth-order valence-corrected chi connectivity index (χ4v) is 4.52. The van der Waals surface area contributed by atoms with Crippen LogP contribution >= 0.6 is 0 Å². The third kappa shape index (κ3) is 4.03. The average molecular weight is 478 g/mol. The number of carboxylic acids is 1. The van der Waals surface area contributed by atoms with Crippen LogP contribution < -0.4 is 0 Å². The van der Waals surface area contributed by atoms with E-state index in [1.165, 1.54) is 18.2 Å². The first-order valence-corrected chi connectivity index (χ1v) is 11.2. The number of pyridine rings is 2. The molecule has 0 spiro atoms. The van der Waals surface area contributed by atoms with E-state index in [9.17, 15) is 18.7 Å². The Bertz CT molecular complexity index is 1500. The quantitative estimate of drug-likeness (QED) is 0.303. The highest BCUT2D eigenvalue weighted by Gasteiger charge is 2.41. The smallest absolute Gasteiger partial charge is 0.354 e. The van der Waals surface area contributed by atoms with Crippen molar-refractivity contribution in [3.05, 3.63) is 155 Å². The highest BCUT2D eigenvalue weighted by molar-refractivity contribution is 5.85. The van der Waals surface area contributed by atoms with Crippen LogP contribution in [0.25, 0.3) is 11.3 Å². The van der Waals surface area contributed by atoms with E-state index < -0.39 is 23.0 Å². The van der Waals surface area contributed by atoms with Gasteiger partial charge in [-0.05, 0) is 47.5 Å². The summed E-state index contributed by atoms with van der Waals surface area (Å²) in [6, 6.07) is 32.4. The van der Waals surface area contributed by atoms with Crippen molar-refractivity contribution in [2.75, 3.05) is 0 Å². The molecule has 176 valence electrons. The number of rotatable bonds is 6. The maximum atomic E-state index is 14.7. The van der Waals surface area contributed by atoms with Crippen molar-refractivity contribution in [2.45, 2.75) is 5.41 Å². The van der Waals surface area contributed by atoms with Crippen molar-refractivity contribution in [1.29, 1.82) is 0 Å². The van der Waals surface area contributed by atoms with E-state index in [4.69, 9.17) is 4.98 Å². The zero-order chi connectivity index (χ0) is 25.1. The summed E-state index contributed by atoms with van der Waals surface area (Å²) < 4.78 is 28.3. The second kappa shape index (κ2) is 9.50. The predicted octanol–water partition coefficient (Wildman–Crippen LogP) is 6.50. The van der Waals surface area contributed by atoms with Crippen molar-refractivity contribution in [1.82, 2.24) is 9.97 Å². The minimum absolute atomic E-state index is 0.107. The Balaban J connectivity index is 1.87. The van der Waals surface area contributed by atoms with Gasteiger partial charge in [-0.2, -0.15) is 0 Å². The van der Waals surface area contributed by atoms with Crippen LogP contribution in [0.15, 0.2) is 115 Å². The Kier molecular flexibility index (Phi) is 6.09. The van der Waals surface area contributed by atoms with Crippen LogP contribution in [-0.2, 0) is 5.41 Å². The molecular weight excluding hydrogens is 458 g/mol. The molecule has 5 rings (SSSR count). The summed E-state index contributed by atoms with van der Waals surface area (Å²) in [6.07, 6.45) is 0. The Morgan fingerprint density at radius 3 is 1.83 bits per heavy atom. The number of aromatic nitrogens is 2. The lowest BCUT2D eigenvalue weighted by atomic mass is 9.69. The molecule has 0 aliphatic rings. The summed E-state index contributed by atoms with van der Waals surface area (Å²) >= 11 is 0. The molecule has 0 aliphatic heterocycles. The molecule has 0 saturated carbocycles. The van der Waals surface area contributed by atoms with Crippen molar-refractivity contribution >= 4 is 5.97 Å². The molecule has 6 heteroatoms. The van der Waals surface area contributed by atoms with Crippen LogP contribution in [0.3, 0.4) is 0 Å².